The lowest BCUT2D eigenvalue weighted by Gasteiger charge is -2.37. The molecule has 0 aromatic carbocycles. The minimum Gasteiger partial charge on any atom is -0.382 e. The van der Waals surface area contributed by atoms with E-state index in [0.717, 1.165) is 6.54 Å². The van der Waals surface area contributed by atoms with Gasteiger partial charge in [-0.25, -0.2) is 9.97 Å². The summed E-state index contributed by atoms with van der Waals surface area (Å²) >= 11 is 6.11. The molecule has 1 aromatic heterocycles. The van der Waals surface area contributed by atoms with Crippen LogP contribution in [-0.4, -0.2) is 35.3 Å². The summed E-state index contributed by atoms with van der Waals surface area (Å²) in [5, 5.41) is 0.420. The maximum Gasteiger partial charge on any atom is 0.153 e. The van der Waals surface area contributed by atoms with E-state index in [1.807, 2.05) is 6.92 Å². The predicted octanol–water partition coefficient (Wildman–Crippen LogP) is 1.33. The molecule has 1 aliphatic heterocycles. The number of rotatable bonds is 1. The van der Waals surface area contributed by atoms with E-state index in [4.69, 9.17) is 22.1 Å². The summed E-state index contributed by atoms with van der Waals surface area (Å²) in [4.78, 5) is 10.2. The van der Waals surface area contributed by atoms with Gasteiger partial charge in [0, 0.05) is 6.54 Å². The highest BCUT2D eigenvalue weighted by Crippen LogP contribution is 2.29. The minimum atomic E-state index is 0.170. The van der Waals surface area contributed by atoms with Crippen LogP contribution >= 0.6 is 11.6 Å². The number of anilines is 2. The molecule has 0 radical (unpaired) electrons. The van der Waals surface area contributed by atoms with Gasteiger partial charge in [-0.1, -0.05) is 11.6 Å². The zero-order chi connectivity index (χ0) is 11.7. The topological polar surface area (TPSA) is 64.3 Å². The SMILES string of the molecule is CC1CN(c2ncnc(N)c2Cl)C(C)CO1. The Morgan fingerprint density at radius 3 is 3.00 bits per heavy atom. The van der Waals surface area contributed by atoms with Crippen LogP contribution in [0.15, 0.2) is 6.33 Å². The zero-order valence-corrected chi connectivity index (χ0v) is 10.1. The second-order valence-corrected chi connectivity index (χ2v) is 4.42. The van der Waals surface area contributed by atoms with Crippen molar-refractivity contribution in [1.29, 1.82) is 0 Å². The average Bonchev–Trinajstić information content (AvgIpc) is 2.26. The Morgan fingerprint density at radius 1 is 1.50 bits per heavy atom. The van der Waals surface area contributed by atoms with Gasteiger partial charge in [0.05, 0.1) is 18.8 Å². The zero-order valence-electron chi connectivity index (χ0n) is 9.35. The Hall–Kier alpha value is -1.07. The molecule has 0 spiro atoms. The molecule has 2 N–H and O–H groups in total. The van der Waals surface area contributed by atoms with Crippen LogP contribution in [0.5, 0.6) is 0 Å². The molecule has 88 valence electrons. The Labute approximate surface area is 99.6 Å². The number of hydrogen-bond donors (Lipinski definition) is 1. The molecule has 0 bridgehead atoms. The lowest BCUT2D eigenvalue weighted by molar-refractivity contribution is 0.0340. The van der Waals surface area contributed by atoms with Gasteiger partial charge < -0.3 is 15.4 Å². The van der Waals surface area contributed by atoms with Crippen LogP contribution in [0.2, 0.25) is 5.02 Å². The summed E-state index contributed by atoms with van der Waals surface area (Å²) in [5.41, 5.74) is 5.67. The number of halogens is 1. The lowest BCUT2D eigenvalue weighted by atomic mass is 10.2. The van der Waals surface area contributed by atoms with E-state index in [-0.39, 0.29) is 12.1 Å². The van der Waals surface area contributed by atoms with Crippen LogP contribution in [0.4, 0.5) is 11.6 Å². The molecule has 2 unspecified atom stereocenters. The third kappa shape index (κ3) is 2.05. The molecule has 0 amide bonds. The first-order valence-corrected chi connectivity index (χ1v) is 5.61. The van der Waals surface area contributed by atoms with Crippen LogP contribution < -0.4 is 10.6 Å². The minimum absolute atomic E-state index is 0.170. The fourth-order valence-electron chi connectivity index (χ4n) is 1.77. The summed E-state index contributed by atoms with van der Waals surface area (Å²) < 4.78 is 5.55. The van der Waals surface area contributed by atoms with Crippen molar-refractivity contribution in [2.75, 3.05) is 23.8 Å². The molecule has 2 rings (SSSR count). The lowest BCUT2D eigenvalue weighted by Crippen LogP contribution is -2.48. The Kier molecular flexibility index (Phi) is 3.16. The van der Waals surface area contributed by atoms with E-state index in [9.17, 15) is 0 Å². The molecule has 2 heterocycles. The van der Waals surface area contributed by atoms with Crippen molar-refractivity contribution in [3.63, 3.8) is 0 Å². The third-order valence-electron chi connectivity index (χ3n) is 2.68. The molecule has 0 saturated carbocycles. The summed E-state index contributed by atoms with van der Waals surface area (Å²) in [5.74, 6) is 1.01. The van der Waals surface area contributed by atoms with E-state index >= 15 is 0 Å². The van der Waals surface area contributed by atoms with Gasteiger partial charge in [-0.2, -0.15) is 0 Å². The fraction of sp³-hybridized carbons (Fsp3) is 0.600. The van der Waals surface area contributed by atoms with E-state index in [2.05, 4.69) is 21.8 Å². The van der Waals surface area contributed by atoms with Crippen LogP contribution in [-0.2, 0) is 4.74 Å². The molecule has 6 heteroatoms. The molecule has 1 fully saturated rings. The third-order valence-corrected chi connectivity index (χ3v) is 3.04. The van der Waals surface area contributed by atoms with Gasteiger partial charge >= 0.3 is 0 Å². The largest absolute Gasteiger partial charge is 0.382 e. The second-order valence-electron chi connectivity index (χ2n) is 4.04. The van der Waals surface area contributed by atoms with Crippen molar-refractivity contribution in [2.24, 2.45) is 0 Å². The Morgan fingerprint density at radius 2 is 2.25 bits per heavy atom. The van der Waals surface area contributed by atoms with Crippen molar-refractivity contribution in [3.8, 4) is 0 Å². The first-order valence-electron chi connectivity index (χ1n) is 5.23. The Balaban J connectivity index is 2.31. The van der Waals surface area contributed by atoms with Gasteiger partial charge in [-0.15, -0.1) is 0 Å². The van der Waals surface area contributed by atoms with Gasteiger partial charge in [0.1, 0.15) is 17.2 Å². The first-order chi connectivity index (χ1) is 7.59. The van der Waals surface area contributed by atoms with Crippen molar-refractivity contribution in [3.05, 3.63) is 11.3 Å². The molecule has 16 heavy (non-hydrogen) atoms. The van der Waals surface area contributed by atoms with Crippen molar-refractivity contribution in [1.82, 2.24) is 9.97 Å². The summed E-state index contributed by atoms with van der Waals surface area (Å²) in [6, 6.07) is 0.239. The highest BCUT2D eigenvalue weighted by molar-refractivity contribution is 6.35. The van der Waals surface area contributed by atoms with Crippen LogP contribution in [0.25, 0.3) is 0 Å². The molecule has 2 atom stereocenters. The van der Waals surface area contributed by atoms with Gasteiger partial charge in [-0.3, -0.25) is 0 Å². The van der Waals surface area contributed by atoms with E-state index in [1.54, 1.807) is 0 Å². The summed E-state index contributed by atoms with van der Waals surface area (Å²) in [7, 11) is 0. The number of nitrogens with two attached hydrogens (primary N) is 1. The number of nitrogen functional groups attached to an aromatic ring is 1. The maximum atomic E-state index is 6.11. The monoisotopic (exact) mass is 242 g/mol. The van der Waals surface area contributed by atoms with Crippen LogP contribution in [0.3, 0.4) is 0 Å². The predicted molar refractivity (Wildman–Crippen MR) is 63.7 cm³/mol. The quantitative estimate of drug-likeness (QED) is 0.805. The average molecular weight is 243 g/mol. The van der Waals surface area contributed by atoms with Crippen LogP contribution in [0.1, 0.15) is 13.8 Å². The molecule has 1 saturated heterocycles. The molecular weight excluding hydrogens is 228 g/mol. The van der Waals surface area contributed by atoms with Gasteiger partial charge in [0.2, 0.25) is 0 Å². The first kappa shape index (κ1) is 11.4. The second kappa shape index (κ2) is 4.43. The molecular formula is C10H15ClN4O. The van der Waals surface area contributed by atoms with Gasteiger partial charge in [0.15, 0.2) is 5.82 Å². The summed E-state index contributed by atoms with van der Waals surface area (Å²) in [6.07, 6.45) is 1.60. The Bertz CT molecular complexity index is 387. The smallest absolute Gasteiger partial charge is 0.153 e. The summed E-state index contributed by atoms with van der Waals surface area (Å²) in [6.45, 7) is 5.52. The van der Waals surface area contributed by atoms with Crippen LogP contribution in [0, 0.1) is 0 Å². The maximum absolute atomic E-state index is 6.11. The fourth-order valence-corrected chi connectivity index (χ4v) is 1.98. The van der Waals surface area contributed by atoms with Crippen molar-refractivity contribution >= 4 is 23.2 Å². The highest BCUT2D eigenvalue weighted by Gasteiger charge is 2.26. The number of nitrogens with zero attached hydrogens (tertiary/aromatic N) is 3. The molecule has 0 aliphatic carbocycles. The molecule has 1 aliphatic rings. The van der Waals surface area contributed by atoms with Gasteiger partial charge in [0.25, 0.3) is 0 Å². The van der Waals surface area contributed by atoms with Crippen molar-refractivity contribution in [2.45, 2.75) is 26.0 Å². The van der Waals surface area contributed by atoms with Crippen molar-refractivity contribution < 1.29 is 4.74 Å². The number of ether oxygens (including phenoxy) is 1. The van der Waals surface area contributed by atoms with E-state index in [1.165, 1.54) is 6.33 Å². The normalized spacial score (nSPS) is 25.8. The standard InChI is InChI=1S/C10H15ClN4O/c1-6-4-16-7(2)3-15(6)10-8(11)9(12)13-5-14-10/h5-7H,3-4H2,1-2H3,(H2,12,13,14). The molecule has 5 nitrogen and oxygen atoms in total. The highest BCUT2D eigenvalue weighted by atomic mass is 35.5. The number of hydrogen-bond acceptors (Lipinski definition) is 5. The molecule has 1 aromatic rings. The number of morpholine rings is 1. The van der Waals surface area contributed by atoms with E-state index in [0.29, 0.717) is 23.3 Å². The van der Waals surface area contributed by atoms with Gasteiger partial charge in [-0.05, 0) is 13.8 Å². The number of aromatic nitrogens is 2. The van der Waals surface area contributed by atoms with E-state index < -0.39 is 0 Å².